The summed E-state index contributed by atoms with van der Waals surface area (Å²) in [6.07, 6.45) is 1.92. The van der Waals surface area contributed by atoms with E-state index in [-0.39, 0.29) is 0 Å². The molecule has 0 saturated heterocycles. The minimum absolute atomic E-state index is 0.896. The molecule has 0 amide bonds. The molecule has 0 atom stereocenters. The Morgan fingerprint density at radius 2 is 0.653 bits per heavy atom. The zero-order valence-electron chi connectivity index (χ0n) is 26.8. The SMILES string of the molecule is c1ccc(-c2ccnc([Si](c3cccc(-c4ccccc4)n3)(c3cccc(-c4ccccc4)n3)c3cccc(-c4ccccc4)n3)c2)cc1. The second-order valence-corrected chi connectivity index (χ2v) is 15.4. The predicted molar refractivity (Wildman–Crippen MR) is 203 cm³/mol. The van der Waals surface area contributed by atoms with Crippen molar-refractivity contribution in [3.05, 3.63) is 194 Å². The van der Waals surface area contributed by atoms with Gasteiger partial charge in [0.05, 0.1) is 17.1 Å². The van der Waals surface area contributed by atoms with Crippen LogP contribution in [0.25, 0.3) is 44.9 Å². The number of aromatic nitrogens is 4. The lowest BCUT2D eigenvalue weighted by molar-refractivity contribution is 1.30. The summed E-state index contributed by atoms with van der Waals surface area (Å²) in [6.45, 7) is 0. The van der Waals surface area contributed by atoms with Gasteiger partial charge in [-0.15, -0.1) is 0 Å². The number of hydrogen-bond donors (Lipinski definition) is 0. The van der Waals surface area contributed by atoms with Gasteiger partial charge in [0.25, 0.3) is 8.07 Å². The standard InChI is InChI=1S/C44H32N4Si/c1-5-16-33(17-6-1)37-30-31-45-44(32-37)49(41-27-13-24-38(46-41)34-18-7-2-8-19-34,42-28-14-25-39(47-42)35-20-9-3-10-21-35)43-29-15-26-40(48-43)36-22-11-4-12-23-36/h1-32H. The highest BCUT2D eigenvalue weighted by Crippen LogP contribution is 2.22. The topological polar surface area (TPSA) is 51.6 Å². The van der Waals surface area contributed by atoms with Gasteiger partial charge in [-0.1, -0.05) is 140 Å². The van der Waals surface area contributed by atoms with Gasteiger partial charge in [-0.3, -0.25) is 19.9 Å². The molecular formula is C44H32N4Si. The van der Waals surface area contributed by atoms with Crippen LogP contribution in [0.5, 0.6) is 0 Å². The highest BCUT2D eigenvalue weighted by Gasteiger charge is 2.48. The Morgan fingerprint density at radius 3 is 1.04 bits per heavy atom. The summed E-state index contributed by atoms with van der Waals surface area (Å²) in [5.41, 5.74) is 8.05. The van der Waals surface area contributed by atoms with Crippen molar-refractivity contribution in [3.8, 4) is 44.9 Å². The van der Waals surface area contributed by atoms with E-state index < -0.39 is 8.07 Å². The molecule has 0 saturated carbocycles. The van der Waals surface area contributed by atoms with Crippen LogP contribution >= 0.6 is 0 Å². The van der Waals surface area contributed by atoms with Crippen LogP contribution in [-0.4, -0.2) is 28.0 Å². The summed E-state index contributed by atoms with van der Waals surface area (Å²) in [5, 5.41) is 3.67. The monoisotopic (exact) mass is 644 g/mol. The molecule has 49 heavy (non-hydrogen) atoms. The summed E-state index contributed by atoms with van der Waals surface area (Å²) < 4.78 is 0. The third-order valence-corrected chi connectivity index (χ3v) is 13.0. The van der Waals surface area contributed by atoms with Crippen LogP contribution in [0.3, 0.4) is 0 Å². The van der Waals surface area contributed by atoms with E-state index in [2.05, 4.69) is 164 Å². The lowest BCUT2D eigenvalue weighted by Crippen LogP contribution is -2.77. The van der Waals surface area contributed by atoms with Crippen LogP contribution in [-0.2, 0) is 0 Å². The van der Waals surface area contributed by atoms with E-state index in [0.717, 1.165) is 66.2 Å². The number of hydrogen-bond acceptors (Lipinski definition) is 4. The van der Waals surface area contributed by atoms with Crippen LogP contribution in [0.2, 0.25) is 0 Å². The number of benzene rings is 4. The number of nitrogens with zero attached hydrogens (tertiary/aromatic N) is 4. The molecule has 4 aromatic heterocycles. The van der Waals surface area contributed by atoms with Gasteiger partial charge in [0, 0.05) is 44.2 Å². The predicted octanol–water partition coefficient (Wildman–Crippen LogP) is 7.31. The maximum atomic E-state index is 5.49. The normalized spacial score (nSPS) is 11.3. The average molecular weight is 645 g/mol. The minimum atomic E-state index is -3.40. The fraction of sp³-hybridized carbons (Fsp3) is 0. The van der Waals surface area contributed by atoms with Gasteiger partial charge in [0.2, 0.25) is 0 Å². The van der Waals surface area contributed by atoms with Crippen molar-refractivity contribution in [2.45, 2.75) is 0 Å². The second-order valence-electron chi connectivity index (χ2n) is 11.9. The van der Waals surface area contributed by atoms with Crippen LogP contribution in [0, 0.1) is 0 Å². The Labute approximate surface area is 287 Å². The first-order chi connectivity index (χ1) is 24.3. The molecule has 5 heteroatoms. The van der Waals surface area contributed by atoms with Crippen molar-refractivity contribution in [1.29, 1.82) is 0 Å². The third-order valence-electron chi connectivity index (χ3n) is 8.86. The van der Waals surface area contributed by atoms with Crippen LogP contribution in [0.4, 0.5) is 0 Å². The van der Waals surface area contributed by atoms with Crippen molar-refractivity contribution in [3.63, 3.8) is 0 Å². The molecule has 0 spiro atoms. The van der Waals surface area contributed by atoms with Crippen molar-refractivity contribution in [2.24, 2.45) is 0 Å². The number of pyridine rings is 4. The second kappa shape index (κ2) is 13.4. The lowest BCUT2D eigenvalue weighted by atomic mass is 10.1. The smallest absolute Gasteiger partial charge is 0.263 e. The molecule has 8 rings (SSSR count). The summed E-state index contributed by atoms with van der Waals surface area (Å²) >= 11 is 0. The maximum absolute atomic E-state index is 5.49. The minimum Gasteiger partial charge on any atom is -0.265 e. The first-order valence-electron chi connectivity index (χ1n) is 16.4. The molecule has 0 N–H and O–H groups in total. The fourth-order valence-electron chi connectivity index (χ4n) is 6.47. The lowest BCUT2D eigenvalue weighted by Gasteiger charge is -2.31. The van der Waals surface area contributed by atoms with Crippen LogP contribution in [0.15, 0.2) is 194 Å². The Hall–Kier alpha value is -6.30. The third kappa shape index (κ3) is 5.88. The Bertz CT molecular complexity index is 1990. The van der Waals surface area contributed by atoms with E-state index in [1.807, 2.05) is 30.5 Å². The largest absolute Gasteiger partial charge is 0.265 e. The molecule has 0 bridgehead atoms. The van der Waals surface area contributed by atoms with Crippen molar-refractivity contribution in [1.82, 2.24) is 19.9 Å². The molecule has 8 aromatic rings. The molecule has 0 unspecified atom stereocenters. The molecule has 232 valence electrons. The number of rotatable bonds is 8. The average Bonchev–Trinajstić information content (AvgIpc) is 3.20. The van der Waals surface area contributed by atoms with Gasteiger partial charge < -0.3 is 0 Å². The van der Waals surface area contributed by atoms with Gasteiger partial charge in [-0.25, -0.2) is 0 Å². The molecule has 4 heterocycles. The summed E-state index contributed by atoms with van der Waals surface area (Å²) in [5.74, 6) is 0. The van der Waals surface area contributed by atoms with E-state index in [9.17, 15) is 0 Å². The first-order valence-corrected chi connectivity index (χ1v) is 18.4. The summed E-state index contributed by atoms with van der Waals surface area (Å²) in [7, 11) is -3.40. The highest BCUT2D eigenvalue weighted by atomic mass is 28.3. The van der Waals surface area contributed by atoms with E-state index in [1.165, 1.54) is 0 Å². The molecule has 0 fully saturated rings. The van der Waals surface area contributed by atoms with E-state index >= 15 is 0 Å². The van der Waals surface area contributed by atoms with Crippen molar-refractivity contribution < 1.29 is 0 Å². The zero-order chi connectivity index (χ0) is 32.9. The van der Waals surface area contributed by atoms with Gasteiger partial charge in [-0.05, 0) is 59.7 Å². The Morgan fingerprint density at radius 1 is 0.286 bits per heavy atom. The molecular weight excluding hydrogens is 613 g/mol. The summed E-state index contributed by atoms with van der Waals surface area (Å²) in [4.78, 5) is 21.7. The zero-order valence-corrected chi connectivity index (χ0v) is 27.8. The van der Waals surface area contributed by atoms with Crippen molar-refractivity contribution >= 4 is 29.3 Å². The van der Waals surface area contributed by atoms with Crippen molar-refractivity contribution in [2.75, 3.05) is 0 Å². The molecule has 0 aliphatic heterocycles. The highest BCUT2D eigenvalue weighted by molar-refractivity contribution is 7.18. The molecule has 0 aliphatic carbocycles. The molecule has 4 nitrogen and oxygen atoms in total. The van der Waals surface area contributed by atoms with Crippen LogP contribution in [0.1, 0.15) is 0 Å². The summed E-state index contributed by atoms with van der Waals surface area (Å²) in [6, 6.07) is 64.8. The Balaban J connectivity index is 1.47. The Kier molecular flexibility index (Phi) is 8.24. The van der Waals surface area contributed by atoms with Gasteiger partial charge >= 0.3 is 0 Å². The van der Waals surface area contributed by atoms with E-state index in [1.54, 1.807) is 0 Å². The first kappa shape index (κ1) is 30.1. The molecule has 4 aromatic carbocycles. The van der Waals surface area contributed by atoms with Gasteiger partial charge in [0.1, 0.15) is 0 Å². The molecule has 0 aliphatic rings. The molecule has 0 radical (unpaired) electrons. The van der Waals surface area contributed by atoms with E-state index in [0.29, 0.717) is 0 Å². The maximum Gasteiger partial charge on any atom is 0.263 e. The fourth-order valence-corrected chi connectivity index (χ4v) is 10.6. The van der Waals surface area contributed by atoms with Crippen LogP contribution < -0.4 is 21.3 Å². The van der Waals surface area contributed by atoms with E-state index in [4.69, 9.17) is 19.9 Å². The quantitative estimate of drug-likeness (QED) is 0.163. The van der Waals surface area contributed by atoms with Gasteiger partial charge in [0.15, 0.2) is 0 Å². The van der Waals surface area contributed by atoms with Gasteiger partial charge in [-0.2, -0.15) is 0 Å².